The first-order chi connectivity index (χ1) is 11.0. The topological polar surface area (TPSA) is 26.3 Å². The molecule has 0 aliphatic heterocycles. The number of hydrogen-bond acceptors (Lipinski definition) is 2. The SMILES string of the molecule is COC(=O)[C@@H](Cc1ccccc1)[C@H](C)[Si](C)(C)c1ccccc1. The maximum Gasteiger partial charge on any atom is 0.308 e. The zero-order valence-electron chi connectivity index (χ0n) is 14.5. The van der Waals surface area contributed by atoms with E-state index in [1.54, 1.807) is 0 Å². The van der Waals surface area contributed by atoms with Gasteiger partial charge in [0, 0.05) is 0 Å². The molecule has 0 aromatic heterocycles. The second kappa shape index (κ2) is 7.60. The average Bonchev–Trinajstić information content (AvgIpc) is 2.60. The highest BCUT2D eigenvalue weighted by Crippen LogP contribution is 2.33. The van der Waals surface area contributed by atoms with Gasteiger partial charge in [-0.2, -0.15) is 0 Å². The molecule has 2 atom stereocenters. The van der Waals surface area contributed by atoms with Gasteiger partial charge >= 0.3 is 5.97 Å². The summed E-state index contributed by atoms with van der Waals surface area (Å²) in [7, 11) is -0.289. The molecular weight excluding hydrogens is 300 g/mol. The molecule has 0 saturated carbocycles. The van der Waals surface area contributed by atoms with Gasteiger partial charge in [0.2, 0.25) is 0 Å². The number of esters is 1. The number of ether oxygens (including phenoxy) is 1. The summed E-state index contributed by atoms with van der Waals surface area (Å²) < 4.78 is 5.12. The standard InChI is InChI=1S/C20H26O2Si/c1-16(23(3,4)18-13-9-6-10-14-18)19(20(21)22-2)15-17-11-7-5-8-12-17/h5-14,16,19H,15H2,1-4H3/t16-,19-/m0/s1. The van der Waals surface area contributed by atoms with Crippen molar-refractivity contribution in [1.82, 2.24) is 0 Å². The van der Waals surface area contributed by atoms with Gasteiger partial charge in [0.15, 0.2) is 0 Å². The Hall–Kier alpha value is -1.87. The molecule has 2 aromatic rings. The Kier molecular flexibility index (Phi) is 5.78. The molecular formula is C20H26O2Si. The summed E-state index contributed by atoms with van der Waals surface area (Å²) in [5.41, 5.74) is 1.48. The van der Waals surface area contributed by atoms with E-state index in [9.17, 15) is 4.79 Å². The Balaban J connectivity index is 2.29. The zero-order valence-corrected chi connectivity index (χ0v) is 15.5. The molecule has 0 aliphatic rings. The fourth-order valence-electron chi connectivity index (χ4n) is 3.12. The van der Waals surface area contributed by atoms with Crippen LogP contribution in [0.15, 0.2) is 60.7 Å². The van der Waals surface area contributed by atoms with Gasteiger partial charge in [-0.15, -0.1) is 0 Å². The minimum atomic E-state index is -1.78. The van der Waals surface area contributed by atoms with Gasteiger partial charge in [0.05, 0.1) is 21.1 Å². The molecule has 3 heteroatoms. The van der Waals surface area contributed by atoms with Gasteiger partial charge in [-0.1, -0.05) is 85.9 Å². The van der Waals surface area contributed by atoms with E-state index < -0.39 is 8.07 Å². The van der Waals surface area contributed by atoms with Gasteiger partial charge in [-0.05, 0) is 17.5 Å². The van der Waals surface area contributed by atoms with Crippen LogP contribution in [0.3, 0.4) is 0 Å². The predicted molar refractivity (Wildman–Crippen MR) is 98.6 cm³/mol. The average molecular weight is 327 g/mol. The first-order valence-corrected chi connectivity index (χ1v) is 11.2. The van der Waals surface area contributed by atoms with Crippen LogP contribution in [0.1, 0.15) is 12.5 Å². The number of carbonyl (C=O) groups excluding carboxylic acids is 1. The fourth-order valence-corrected chi connectivity index (χ4v) is 5.95. The van der Waals surface area contributed by atoms with Crippen LogP contribution in [0.25, 0.3) is 0 Å². The van der Waals surface area contributed by atoms with E-state index in [1.807, 2.05) is 24.3 Å². The molecule has 0 saturated heterocycles. The lowest BCUT2D eigenvalue weighted by Crippen LogP contribution is -2.49. The Bertz CT molecular complexity index is 623. The second-order valence-corrected chi connectivity index (χ2v) is 11.6. The van der Waals surface area contributed by atoms with Crippen LogP contribution in [-0.2, 0) is 16.0 Å². The van der Waals surface area contributed by atoms with Crippen molar-refractivity contribution in [1.29, 1.82) is 0 Å². The quantitative estimate of drug-likeness (QED) is 0.592. The van der Waals surface area contributed by atoms with Gasteiger partial charge in [0.25, 0.3) is 0 Å². The Labute approximate surface area is 140 Å². The van der Waals surface area contributed by atoms with Gasteiger partial charge in [-0.25, -0.2) is 0 Å². The molecule has 2 nitrogen and oxygen atoms in total. The van der Waals surface area contributed by atoms with Crippen LogP contribution in [0, 0.1) is 5.92 Å². The highest BCUT2D eigenvalue weighted by atomic mass is 28.3. The monoisotopic (exact) mass is 326 g/mol. The molecule has 0 spiro atoms. The van der Waals surface area contributed by atoms with Crippen LogP contribution >= 0.6 is 0 Å². The van der Waals surface area contributed by atoms with Crippen molar-refractivity contribution in [2.45, 2.75) is 32.0 Å². The van der Waals surface area contributed by atoms with E-state index in [0.717, 1.165) is 6.42 Å². The molecule has 0 heterocycles. The zero-order chi connectivity index (χ0) is 16.9. The third-order valence-corrected chi connectivity index (χ3v) is 9.56. The second-order valence-electron chi connectivity index (χ2n) is 6.70. The lowest BCUT2D eigenvalue weighted by Gasteiger charge is -2.35. The summed E-state index contributed by atoms with van der Waals surface area (Å²) in [5, 5.41) is 1.38. The highest BCUT2D eigenvalue weighted by Gasteiger charge is 2.39. The maximum atomic E-state index is 12.4. The lowest BCUT2D eigenvalue weighted by molar-refractivity contribution is -0.145. The Morgan fingerprint density at radius 1 is 1.00 bits per heavy atom. The first kappa shape index (κ1) is 17.5. The third kappa shape index (κ3) is 4.11. The number of hydrogen-bond donors (Lipinski definition) is 0. The molecule has 2 rings (SSSR count). The summed E-state index contributed by atoms with van der Waals surface area (Å²) in [5.74, 6) is -0.206. The van der Waals surface area contributed by atoms with Crippen LogP contribution in [-0.4, -0.2) is 21.2 Å². The molecule has 23 heavy (non-hydrogen) atoms. The fraction of sp³-hybridized carbons (Fsp3) is 0.350. The molecule has 0 bridgehead atoms. The van der Waals surface area contributed by atoms with Crippen LogP contribution in [0.2, 0.25) is 18.6 Å². The summed E-state index contributed by atoms with van der Waals surface area (Å²) in [4.78, 5) is 12.4. The molecule has 0 amide bonds. The van der Waals surface area contributed by atoms with E-state index in [4.69, 9.17) is 4.74 Å². The van der Waals surface area contributed by atoms with E-state index in [2.05, 4.69) is 56.4 Å². The summed E-state index contributed by atoms with van der Waals surface area (Å²) in [6.45, 7) is 6.89. The largest absolute Gasteiger partial charge is 0.469 e. The third-order valence-electron chi connectivity index (χ3n) is 5.06. The van der Waals surface area contributed by atoms with Crippen LogP contribution < -0.4 is 5.19 Å². The molecule has 0 N–H and O–H groups in total. The highest BCUT2D eigenvalue weighted by molar-refractivity contribution is 6.91. The maximum absolute atomic E-state index is 12.4. The van der Waals surface area contributed by atoms with Crippen molar-refractivity contribution in [2.75, 3.05) is 7.11 Å². The Morgan fingerprint density at radius 3 is 2.04 bits per heavy atom. The number of carbonyl (C=O) groups is 1. The van der Waals surface area contributed by atoms with Crippen molar-refractivity contribution >= 4 is 19.2 Å². The lowest BCUT2D eigenvalue weighted by atomic mass is 9.96. The molecule has 2 aromatic carbocycles. The minimum absolute atomic E-state index is 0.0992. The van der Waals surface area contributed by atoms with Crippen molar-refractivity contribution in [3.63, 3.8) is 0 Å². The van der Waals surface area contributed by atoms with E-state index in [0.29, 0.717) is 0 Å². The van der Waals surface area contributed by atoms with Gasteiger partial charge < -0.3 is 4.74 Å². The summed E-state index contributed by atoms with van der Waals surface area (Å²) in [6, 6.07) is 20.8. The molecule has 0 unspecified atom stereocenters. The molecule has 0 radical (unpaired) electrons. The summed E-state index contributed by atoms with van der Waals surface area (Å²) >= 11 is 0. The molecule has 0 fully saturated rings. The van der Waals surface area contributed by atoms with E-state index >= 15 is 0 Å². The Morgan fingerprint density at radius 2 is 1.52 bits per heavy atom. The molecule has 122 valence electrons. The number of benzene rings is 2. The number of methoxy groups -OCH3 is 1. The first-order valence-electron chi connectivity index (χ1n) is 8.14. The van der Waals surface area contributed by atoms with Crippen molar-refractivity contribution in [2.24, 2.45) is 5.92 Å². The van der Waals surface area contributed by atoms with E-state index in [-0.39, 0.29) is 17.4 Å². The molecule has 0 aliphatic carbocycles. The smallest absolute Gasteiger partial charge is 0.308 e. The predicted octanol–water partition coefficient (Wildman–Crippen LogP) is 4.02. The van der Waals surface area contributed by atoms with Gasteiger partial charge in [-0.3, -0.25) is 4.79 Å². The number of rotatable bonds is 6. The van der Waals surface area contributed by atoms with E-state index in [1.165, 1.54) is 17.9 Å². The van der Waals surface area contributed by atoms with Crippen molar-refractivity contribution in [3.05, 3.63) is 66.2 Å². The minimum Gasteiger partial charge on any atom is -0.469 e. The van der Waals surface area contributed by atoms with Crippen LogP contribution in [0.5, 0.6) is 0 Å². The van der Waals surface area contributed by atoms with Crippen molar-refractivity contribution in [3.8, 4) is 0 Å². The van der Waals surface area contributed by atoms with Gasteiger partial charge in [0.1, 0.15) is 0 Å². The summed E-state index contributed by atoms with van der Waals surface area (Å²) in [6.07, 6.45) is 0.734. The van der Waals surface area contributed by atoms with Crippen LogP contribution in [0.4, 0.5) is 0 Å². The van der Waals surface area contributed by atoms with Crippen molar-refractivity contribution < 1.29 is 9.53 Å². The normalized spacial score (nSPS) is 14.1.